The molecule has 0 saturated heterocycles. The number of hydrogen-bond acceptors (Lipinski definition) is 1. The molecule has 0 aliphatic rings. The molecule has 1 aromatic heterocycles. The zero-order chi connectivity index (χ0) is 6.81. The van der Waals surface area contributed by atoms with Crippen molar-refractivity contribution in [2.45, 2.75) is 0 Å². The molecule has 10 heavy (non-hydrogen) atoms. The molecule has 1 heteroatoms. The average Bonchev–Trinajstić information content (AvgIpc) is 2.05. The topological polar surface area (TPSA) is 12.9 Å². The molecule has 2 rings (SSSR count). The Bertz CT molecular complexity index is 276. The van der Waals surface area contributed by atoms with Gasteiger partial charge in [-0.2, -0.15) is 0 Å². The van der Waals surface area contributed by atoms with Crippen molar-refractivity contribution in [3.05, 3.63) is 42.6 Å². The van der Waals surface area contributed by atoms with Crippen LogP contribution in [0.4, 0.5) is 0 Å². The molecule has 0 unspecified atom stereocenters. The van der Waals surface area contributed by atoms with Crippen LogP contribution in [0, 0.1) is 12.1 Å². The normalized spacial score (nSPS) is 10.0. The van der Waals surface area contributed by atoms with Gasteiger partial charge in [-0.15, -0.1) is 0 Å². The van der Waals surface area contributed by atoms with Crippen molar-refractivity contribution in [2.75, 3.05) is 0 Å². The van der Waals surface area contributed by atoms with E-state index >= 15 is 0 Å². The Labute approximate surface area is 59.3 Å². The van der Waals surface area contributed by atoms with Gasteiger partial charge in [-0.05, 0) is 24.3 Å². The molecular formula is C9H5N. The molecule has 0 fully saturated rings. The molecule has 46 valence electrons. The van der Waals surface area contributed by atoms with Gasteiger partial charge in [-0.1, -0.05) is 6.07 Å². The van der Waals surface area contributed by atoms with E-state index in [1.165, 1.54) is 0 Å². The molecule has 0 bridgehead atoms. The summed E-state index contributed by atoms with van der Waals surface area (Å²) in [6, 6.07) is 13.5. The number of pyridine rings is 1. The predicted octanol–water partition coefficient (Wildman–Crippen LogP) is 1.84. The first-order valence-electron chi connectivity index (χ1n) is 3.09. The largest absolute Gasteiger partial charge is 0.256 e. The lowest BCUT2D eigenvalue weighted by Crippen LogP contribution is -1.74. The fraction of sp³-hybridized carbons (Fsp3) is 0. The molecular weight excluding hydrogens is 122 g/mol. The summed E-state index contributed by atoms with van der Waals surface area (Å²) in [5, 5.41) is 1.09. The molecule has 2 radical (unpaired) electrons. The summed E-state index contributed by atoms with van der Waals surface area (Å²) in [6.07, 6.45) is 1.67. The third-order valence-corrected chi connectivity index (χ3v) is 1.39. The minimum atomic E-state index is 0.998. The Morgan fingerprint density at radius 3 is 3.00 bits per heavy atom. The molecule has 0 spiro atoms. The smallest absolute Gasteiger partial charge is 0.0702 e. The third kappa shape index (κ3) is 0.760. The maximum atomic E-state index is 4.11. The van der Waals surface area contributed by atoms with Crippen LogP contribution in [-0.4, -0.2) is 4.98 Å². The summed E-state index contributed by atoms with van der Waals surface area (Å²) in [4.78, 5) is 4.11. The fourth-order valence-electron chi connectivity index (χ4n) is 0.902. The Morgan fingerprint density at radius 2 is 2.10 bits per heavy atom. The highest BCUT2D eigenvalue weighted by Gasteiger charge is 1.87. The van der Waals surface area contributed by atoms with Crippen molar-refractivity contribution in [3.63, 3.8) is 0 Å². The van der Waals surface area contributed by atoms with Gasteiger partial charge in [-0.3, -0.25) is 4.98 Å². The summed E-state index contributed by atoms with van der Waals surface area (Å²) in [5.41, 5.74) is 0.998. The predicted molar refractivity (Wildman–Crippen MR) is 39.4 cm³/mol. The van der Waals surface area contributed by atoms with E-state index in [9.17, 15) is 0 Å². The minimum absolute atomic E-state index is 0.998. The van der Waals surface area contributed by atoms with E-state index in [4.69, 9.17) is 0 Å². The van der Waals surface area contributed by atoms with E-state index in [2.05, 4.69) is 17.1 Å². The highest BCUT2D eigenvalue weighted by Crippen LogP contribution is 2.07. The van der Waals surface area contributed by atoms with E-state index in [1.807, 2.05) is 24.3 Å². The maximum absolute atomic E-state index is 4.11. The first-order chi connectivity index (χ1) is 4.97. The van der Waals surface area contributed by atoms with Crippen molar-refractivity contribution in [2.24, 2.45) is 0 Å². The maximum Gasteiger partial charge on any atom is 0.0702 e. The molecule has 0 atom stereocenters. The SMILES string of the molecule is [c]1ccc2nc[c]cc2c1. The van der Waals surface area contributed by atoms with Gasteiger partial charge in [0.1, 0.15) is 0 Å². The molecule has 0 aliphatic heterocycles. The lowest BCUT2D eigenvalue weighted by molar-refractivity contribution is 1.41. The van der Waals surface area contributed by atoms with Gasteiger partial charge in [0, 0.05) is 17.6 Å². The van der Waals surface area contributed by atoms with Crippen molar-refractivity contribution in [1.82, 2.24) is 4.98 Å². The van der Waals surface area contributed by atoms with Crippen LogP contribution < -0.4 is 0 Å². The summed E-state index contributed by atoms with van der Waals surface area (Å²) < 4.78 is 0. The fourth-order valence-corrected chi connectivity index (χ4v) is 0.902. The van der Waals surface area contributed by atoms with Gasteiger partial charge in [0.25, 0.3) is 0 Å². The third-order valence-electron chi connectivity index (χ3n) is 1.39. The molecule has 1 nitrogen and oxygen atoms in total. The number of fused-ring (bicyclic) bond motifs is 1. The Morgan fingerprint density at radius 1 is 1.20 bits per heavy atom. The molecule has 1 heterocycles. The van der Waals surface area contributed by atoms with Crippen molar-refractivity contribution < 1.29 is 0 Å². The van der Waals surface area contributed by atoms with E-state index in [-0.39, 0.29) is 0 Å². The second kappa shape index (κ2) is 2.10. The van der Waals surface area contributed by atoms with Crippen LogP contribution in [0.3, 0.4) is 0 Å². The standard InChI is InChI=1S/C9H5N/c1-2-6-9-8(4-1)5-3-7-10-9/h2,4-7H. The van der Waals surface area contributed by atoms with E-state index in [0.29, 0.717) is 0 Å². The monoisotopic (exact) mass is 127 g/mol. The van der Waals surface area contributed by atoms with Crippen LogP contribution in [0.15, 0.2) is 30.5 Å². The Kier molecular flexibility index (Phi) is 1.14. The van der Waals surface area contributed by atoms with Gasteiger partial charge in [0.15, 0.2) is 0 Å². The minimum Gasteiger partial charge on any atom is -0.256 e. The van der Waals surface area contributed by atoms with Crippen LogP contribution >= 0.6 is 0 Å². The average molecular weight is 127 g/mol. The molecule has 0 saturated carbocycles. The quantitative estimate of drug-likeness (QED) is 0.526. The molecule has 0 aliphatic carbocycles. The zero-order valence-corrected chi connectivity index (χ0v) is 5.33. The molecule has 0 amide bonds. The number of hydrogen-bond donors (Lipinski definition) is 0. The summed E-state index contributed by atoms with van der Waals surface area (Å²) in [5.74, 6) is 0. The van der Waals surface area contributed by atoms with Crippen LogP contribution in [-0.2, 0) is 0 Å². The van der Waals surface area contributed by atoms with Crippen molar-refractivity contribution >= 4 is 10.9 Å². The molecule has 0 N–H and O–H groups in total. The van der Waals surface area contributed by atoms with Crippen molar-refractivity contribution in [3.8, 4) is 0 Å². The van der Waals surface area contributed by atoms with E-state index < -0.39 is 0 Å². The molecule has 2 aromatic rings. The summed E-state index contributed by atoms with van der Waals surface area (Å²) in [7, 11) is 0. The molecule has 1 aromatic carbocycles. The Hall–Kier alpha value is -1.37. The number of aromatic nitrogens is 1. The summed E-state index contributed by atoms with van der Waals surface area (Å²) >= 11 is 0. The van der Waals surface area contributed by atoms with Crippen LogP contribution in [0.1, 0.15) is 0 Å². The highest BCUT2D eigenvalue weighted by molar-refractivity contribution is 5.77. The number of rotatable bonds is 0. The highest BCUT2D eigenvalue weighted by atomic mass is 14.6. The van der Waals surface area contributed by atoms with E-state index in [1.54, 1.807) is 6.20 Å². The van der Waals surface area contributed by atoms with Gasteiger partial charge in [0.05, 0.1) is 5.52 Å². The van der Waals surface area contributed by atoms with Crippen LogP contribution in [0.2, 0.25) is 0 Å². The first-order valence-corrected chi connectivity index (χ1v) is 3.09. The Balaban J connectivity index is 2.89. The number of benzene rings is 1. The van der Waals surface area contributed by atoms with Crippen LogP contribution in [0.5, 0.6) is 0 Å². The van der Waals surface area contributed by atoms with Crippen molar-refractivity contribution in [1.29, 1.82) is 0 Å². The lowest BCUT2D eigenvalue weighted by Gasteiger charge is -1.90. The first kappa shape index (κ1) is 5.42. The number of nitrogens with zero attached hydrogens (tertiary/aromatic N) is 1. The van der Waals surface area contributed by atoms with E-state index in [0.717, 1.165) is 10.9 Å². The second-order valence-electron chi connectivity index (χ2n) is 2.05. The van der Waals surface area contributed by atoms with Gasteiger partial charge in [-0.25, -0.2) is 0 Å². The lowest BCUT2D eigenvalue weighted by atomic mass is 10.2. The summed E-state index contributed by atoms with van der Waals surface area (Å²) in [6.45, 7) is 0. The second-order valence-corrected chi connectivity index (χ2v) is 2.05. The van der Waals surface area contributed by atoms with Gasteiger partial charge >= 0.3 is 0 Å². The van der Waals surface area contributed by atoms with Crippen LogP contribution in [0.25, 0.3) is 10.9 Å². The zero-order valence-electron chi connectivity index (χ0n) is 5.33. The van der Waals surface area contributed by atoms with Gasteiger partial charge in [0.2, 0.25) is 0 Å². The van der Waals surface area contributed by atoms with Gasteiger partial charge < -0.3 is 0 Å².